The molecule has 2 aromatic heterocycles. The lowest BCUT2D eigenvalue weighted by molar-refractivity contribution is -0.114. The fraction of sp³-hybridized carbons (Fsp3) is 0.0667. The Balaban J connectivity index is 2.03. The molecule has 2 N–H and O–H groups in total. The molecule has 22 heavy (non-hydrogen) atoms. The van der Waals surface area contributed by atoms with Gasteiger partial charge in [0.2, 0.25) is 11.8 Å². The Bertz CT molecular complexity index is 885. The van der Waals surface area contributed by atoms with E-state index in [-0.39, 0.29) is 11.6 Å². The summed E-state index contributed by atoms with van der Waals surface area (Å²) in [6.45, 7) is 1.42. The summed E-state index contributed by atoms with van der Waals surface area (Å²) in [5, 5.41) is 11.6. The van der Waals surface area contributed by atoms with E-state index in [1.165, 1.54) is 19.2 Å². The maximum Gasteiger partial charge on any atom is 0.354 e. The number of rotatable bonds is 3. The van der Waals surface area contributed by atoms with Crippen LogP contribution in [0.4, 0.5) is 5.69 Å². The Kier molecular flexibility index (Phi) is 3.30. The number of anilines is 1. The monoisotopic (exact) mass is 297 g/mol. The third-order valence-corrected chi connectivity index (χ3v) is 2.93. The van der Waals surface area contributed by atoms with Crippen molar-refractivity contribution in [1.82, 2.24) is 9.97 Å². The van der Waals surface area contributed by atoms with E-state index in [0.29, 0.717) is 28.2 Å². The van der Waals surface area contributed by atoms with Crippen LogP contribution in [0.5, 0.6) is 0 Å². The van der Waals surface area contributed by atoms with Crippen LogP contribution >= 0.6 is 0 Å². The first-order valence-corrected chi connectivity index (χ1v) is 6.41. The van der Waals surface area contributed by atoms with Crippen LogP contribution in [-0.2, 0) is 4.79 Å². The summed E-state index contributed by atoms with van der Waals surface area (Å²) in [7, 11) is 0. The molecule has 3 rings (SSSR count). The third kappa shape index (κ3) is 2.64. The van der Waals surface area contributed by atoms with E-state index >= 15 is 0 Å². The first-order chi connectivity index (χ1) is 10.5. The number of fused-ring (bicyclic) bond motifs is 1. The Labute approximate surface area is 124 Å². The van der Waals surface area contributed by atoms with Gasteiger partial charge < -0.3 is 14.8 Å². The highest BCUT2D eigenvalue weighted by Gasteiger charge is 2.12. The molecule has 1 aromatic carbocycles. The van der Waals surface area contributed by atoms with Gasteiger partial charge in [0.1, 0.15) is 11.2 Å². The van der Waals surface area contributed by atoms with Gasteiger partial charge in [-0.2, -0.15) is 0 Å². The Morgan fingerprint density at radius 3 is 2.77 bits per heavy atom. The summed E-state index contributed by atoms with van der Waals surface area (Å²) in [4.78, 5) is 30.1. The number of hydrogen-bond donors (Lipinski definition) is 2. The molecule has 0 bridgehead atoms. The first kappa shape index (κ1) is 13.7. The average molecular weight is 297 g/mol. The number of amides is 1. The molecule has 110 valence electrons. The van der Waals surface area contributed by atoms with Crippen LogP contribution in [0.2, 0.25) is 0 Å². The van der Waals surface area contributed by atoms with Crippen molar-refractivity contribution in [1.29, 1.82) is 0 Å². The Hall–Kier alpha value is -3.22. The number of oxazole rings is 1. The van der Waals surface area contributed by atoms with E-state index in [2.05, 4.69) is 15.3 Å². The van der Waals surface area contributed by atoms with Gasteiger partial charge in [-0.1, -0.05) is 0 Å². The Morgan fingerprint density at radius 2 is 2.05 bits per heavy atom. The van der Waals surface area contributed by atoms with E-state index in [1.807, 2.05) is 0 Å². The lowest BCUT2D eigenvalue weighted by Gasteiger charge is -1.99. The van der Waals surface area contributed by atoms with Crippen LogP contribution in [0.25, 0.3) is 22.6 Å². The van der Waals surface area contributed by atoms with Crippen LogP contribution in [0.3, 0.4) is 0 Å². The highest BCUT2D eigenvalue weighted by molar-refractivity contribution is 5.91. The second-order valence-electron chi connectivity index (χ2n) is 4.62. The maximum atomic E-state index is 11.1. The van der Waals surface area contributed by atoms with Gasteiger partial charge >= 0.3 is 5.97 Å². The minimum absolute atomic E-state index is 0.0845. The van der Waals surface area contributed by atoms with E-state index in [1.54, 1.807) is 24.3 Å². The molecule has 7 heteroatoms. The van der Waals surface area contributed by atoms with Crippen molar-refractivity contribution < 1.29 is 19.1 Å². The number of carboxylic acid groups (broad SMARTS) is 1. The zero-order valence-corrected chi connectivity index (χ0v) is 11.5. The largest absolute Gasteiger partial charge is 0.477 e. The van der Waals surface area contributed by atoms with E-state index < -0.39 is 5.97 Å². The molecule has 0 saturated carbocycles. The lowest BCUT2D eigenvalue weighted by atomic mass is 10.2. The summed E-state index contributed by atoms with van der Waals surface area (Å²) < 4.78 is 5.60. The highest BCUT2D eigenvalue weighted by Crippen LogP contribution is 2.26. The van der Waals surface area contributed by atoms with Crippen molar-refractivity contribution in [3.63, 3.8) is 0 Å². The number of benzene rings is 1. The number of nitrogens with zero attached hydrogens (tertiary/aromatic N) is 2. The predicted octanol–water partition coefficient (Wildman–Crippen LogP) is 2.55. The third-order valence-electron chi connectivity index (χ3n) is 2.93. The zero-order valence-electron chi connectivity index (χ0n) is 11.5. The highest BCUT2D eigenvalue weighted by atomic mass is 16.4. The molecule has 3 aromatic rings. The molecular weight excluding hydrogens is 286 g/mol. The standard InChI is InChI=1S/C15H11N3O4/c1-8(19)17-10-2-3-13-11(7-10)18-14(22-13)9-4-5-16-12(6-9)15(20)21/h2-7H,1H3,(H,17,19)(H,20,21). The van der Waals surface area contributed by atoms with Gasteiger partial charge in [0.05, 0.1) is 0 Å². The molecule has 7 nitrogen and oxygen atoms in total. The minimum atomic E-state index is -1.12. The van der Waals surface area contributed by atoms with Crippen molar-refractivity contribution in [2.45, 2.75) is 6.92 Å². The molecule has 1 amide bonds. The van der Waals surface area contributed by atoms with Crippen LogP contribution in [-0.4, -0.2) is 27.0 Å². The van der Waals surface area contributed by atoms with Gasteiger partial charge in [-0.05, 0) is 30.3 Å². The minimum Gasteiger partial charge on any atom is -0.477 e. The second kappa shape index (κ2) is 5.28. The smallest absolute Gasteiger partial charge is 0.354 e. The number of carbonyl (C=O) groups excluding carboxylic acids is 1. The average Bonchev–Trinajstić information content (AvgIpc) is 2.90. The van der Waals surface area contributed by atoms with Crippen molar-refractivity contribution in [3.05, 3.63) is 42.2 Å². The number of carbonyl (C=O) groups is 2. The number of hydrogen-bond acceptors (Lipinski definition) is 5. The van der Waals surface area contributed by atoms with Crippen molar-refractivity contribution >= 4 is 28.7 Å². The van der Waals surface area contributed by atoms with E-state index in [0.717, 1.165) is 0 Å². The van der Waals surface area contributed by atoms with Gasteiger partial charge in [-0.25, -0.2) is 14.8 Å². The molecule has 0 fully saturated rings. The molecule has 0 unspecified atom stereocenters. The number of aromatic nitrogens is 2. The van der Waals surface area contributed by atoms with Crippen molar-refractivity contribution in [3.8, 4) is 11.5 Å². The molecule has 0 aliphatic carbocycles. The van der Waals surface area contributed by atoms with Gasteiger partial charge in [-0.3, -0.25) is 4.79 Å². The Morgan fingerprint density at radius 1 is 1.23 bits per heavy atom. The van der Waals surface area contributed by atoms with Crippen LogP contribution in [0.1, 0.15) is 17.4 Å². The molecule has 0 spiro atoms. The summed E-state index contributed by atoms with van der Waals surface area (Å²) >= 11 is 0. The summed E-state index contributed by atoms with van der Waals surface area (Å²) in [6.07, 6.45) is 1.39. The fourth-order valence-electron chi connectivity index (χ4n) is 2.01. The summed E-state index contributed by atoms with van der Waals surface area (Å²) in [5.41, 5.74) is 2.15. The van der Waals surface area contributed by atoms with E-state index in [4.69, 9.17) is 9.52 Å². The maximum absolute atomic E-state index is 11.1. The van der Waals surface area contributed by atoms with Gasteiger partial charge in [0, 0.05) is 24.4 Å². The van der Waals surface area contributed by atoms with Crippen LogP contribution in [0, 0.1) is 0 Å². The number of pyridine rings is 1. The number of nitrogens with one attached hydrogen (secondary N) is 1. The first-order valence-electron chi connectivity index (χ1n) is 6.41. The second-order valence-corrected chi connectivity index (χ2v) is 4.62. The predicted molar refractivity (Wildman–Crippen MR) is 78.5 cm³/mol. The normalized spacial score (nSPS) is 10.6. The molecule has 0 aliphatic rings. The lowest BCUT2D eigenvalue weighted by Crippen LogP contribution is -2.05. The van der Waals surface area contributed by atoms with Crippen LogP contribution in [0.15, 0.2) is 40.9 Å². The fourth-order valence-corrected chi connectivity index (χ4v) is 2.01. The molecular formula is C15H11N3O4. The topological polar surface area (TPSA) is 105 Å². The molecule has 0 saturated heterocycles. The van der Waals surface area contributed by atoms with Crippen LogP contribution < -0.4 is 5.32 Å². The number of carboxylic acids is 1. The number of aromatic carboxylic acids is 1. The zero-order chi connectivity index (χ0) is 15.7. The van der Waals surface area contributed by atoms with E-state index in [9.17, 15) is 9.59 Å². The quantitative estimate of drug-likeness (QED) is 0.769. The van der Waals surface area contributed by atoms with Gasteiger partial charge in [-0.15, -0.1) is 0 Å². The van der Waals surface area contributed by atoms with Crippen molar-refractivity contribution in [2.24, 2.45) is 0 Å². The summed E-state index contributed by atoms with van der Waals surface area (Å²) in [6, 6.07) is 8.08. The molecule has 0 radical (unpaired) electrons. The van der Waals surface area contributed by atoms with Gasteiger partial charge in [0.15, 0.2) is 5.58 Å². The molecule has 2 heterocycles. The molecule has 0 atom stereocenters. The summed E-state index contributed by atoms with van der Waals surface area (Å²) in [5.74, 6) is -1.01. The molecule has 0 aliphatic heterocycles. The van der Waals surface area contributed by atoms with Crippen molar-refractivity contribution in [2.75, 3.05) is 5.32 Å². The van der Waals surface area contributed by atoms with Gasteiger partial charge in [0.25, 0.3) is 0 Å². The SMILES string of the molecule is CC(=O)Nc1ccc2oc(-c3ccnc(C(=O)O)c3)nc2c1.